The summed E-state index contributed by atoms with van der Waals surface area (Å²) in [6.07, 6.45) is 2.52. The van der Waals surface area contributed by atoms with Crippen LogP contribution in [0.3, 0.4) is 0 Å². The molecule has 0 amide bonds. The molecule has 1 N–H and O–H groups in total. The molecule has 1 fully saturated rings. The minimum Gasteiger partial charge on any atom is -0.380 e. The Morgan fingerprint density at radius 2 is 2.00 bits per heavy atom. The molecule has 5 nitrogen and oxygen atoms in total. The van der Waals surface area contributed by atoms with E-state index < -0.39 is 0 Å². The van der Waals surface area contributed by atoms with Crippen LogP contribution in [-0.4, -0.2) is 36.5 Å². The van der Waals surface area contributed by atoms with E-state index in [1.54, 1.807) is 6.33 Å². The number of nitrogens with one attached hydrogen (secondary N) is 1. The van der Waals surface area contributed by atoms with Crippen molar-refractivity contribution in [3.63, 3.8) is 0 Å². The first-order valence-electron chi connectivity index (χ1n) is 6.70. The quantitative estimate of drug-likeness (QED) is 0.852. The standard InChI is InChI=1S/C8H13N3.C4H6O2.C2H6/c1-6(2)7-4-8(9-3)11-5-10-7;5-1-4-2-6-3-4;1-2/h4-6H,1-3H3,(H,9,10,11);1,4H,2-3H2;1-2H3. The largest absolute Gasteiger partial charge is 0.380 e. The minimum atomic E-state index is 0.213. The monoisotopic (exact) mass is 267 g/mol. The van der Waals surface area contributed by atoms with Gasteiger partial charge in [-0.25, -0.2) is 9.97 Å². The molecule has 19 heavy (non-hydrogen) atoms. The highest BCUT2D eigenvalue weighted by molar-refractivity contribution is 5.54. The van der Waals surface area contributed by atoms with Crippen molar-refractivity contribution in [2.45, 2.75) is 33.6 Å². The summed E-state index contributed by atoms with van der Waals surface area (Å²) in [5.41, 5.74) is 1.07. The lowest BCUT2D eigenvalue weighted by Crippen LogP contribution is -2.28. The summed E-state index contributed by atoms with van der Waals surface area (Å²) in [6, 6.07) is 1.96. The summed E-state index contributed by atoms with van der Waals surface area (Å²) < 4.78 is 4.69. The van der Waals surface area contributed by atoms with E-state index in [4.69, 9.17) is 4.74 Å². The molecular weight excluding hydrogens is 242 g/mol. The number of hydrogen-bond acceptors (Lipinski definition) is 5. The van der Waals surface area contributed by atoms with Crippen molar-refractivity contribution in [2.75, 3.05) is 25.6 Å². The molecule has 0 unspecified atom stereocenters. The molecule has 0 saturated carbocycles. The Balaban J connectivity index is 0.000000341. The summed E-state index contributed by atoms with van der Waals surface area (Å²) in [4.78, 5) is 17.9. The maximum Gasteiger partial charge on any atom is 0.129 e. The molecule has 2 heterocycles. The maximum atomic E-state index is 9.71. The lowest BCUT2D eigenvalue weighted by molar-refractivity contribution is -0.123. The van der Waals surface area contributed by atoms with Crippen molar-refractivity contribution in [3.8, 4) is 0 Å². The third kappa shape index (κ3) is 6.86. The van der Waals surface area contributed by atoms with Gasteiger partial charge in [-0.05, 0) is 5.92 Å². The Labute approximate surface area is 115 Å². The van der Waals surface area contributed by atoms with E-state index in [9.17, 15) is 4.79 Å². The van der Waals surface area contributed by atoms with Crippen LogP contribution in [0.25, 0.3) is 0 Å². The van der Waals surface area contributed by atoms with E-state index in [2.05, 4.69) is 29.1 Å². The summed E-state index contributed by atoms with van der Waals surface area (Å²) >= 11 is 0. The number of nitrogens with zero attached hydrogens (tertiary/aromatic N) is 2. The second kappa shape index (κ2) is 10.4. The van der Waals surface area contributed by atoms with Gasteiger partial charge in [-0.2, -0.15) is 0 Å². The average molecular weight is 267 g/mol. The van der Waals surface area contributed by atoms with Crippen LogP contribution in [0, 0.1) is 5.92 Å². The predicted octanol–water partition coefficient (Wildman–Crippen LogP) is 2.50. The second-order valence-electron chi connectivity index (χ2n) is 4.17. The smallest absolute Gasteiger partial charge is 0.129 e. The van der Waals surface area contributed by atoms with Gasteiger partial charge in [0.1, 0.15) is 18.4 Å². The third-order valence-corrected chi connectivity index (χ3v) is 2.39. The van der Waals surface area contributed by atoms with Crippen molar-refractivity contribution >= 4 is 12.1 Å². The number of aromatic nitrogens is 2. The normalized spacial score (nSPS) is 13.4. The molecule has 1 aliphatic heterocycles. The molecule has 0 bridgehead atoms. The van der Waals surface area contributed by atoms with Crippen molar-refractivity contribution in [1.29, 1.82) is 0 Å². The Morgan fingerprint density at radius 1 is 1.37 bits per heavy atom. The lowest BCUT2D eigenvalue weighted by atomic mass is 10.1. The van der Waals surface area contributed by atoms with Gasteiger partial charge in [0.15, 0.2) is 0 Å². The molecule has 108 valence electrons. The molecule has 0 radical (unpaired) electrons. The van der Waals surface area contributed by atoms with Gasteiger partial charge in [0, 0.05) is 18.8 Å². The van der Waals surface area contributed by atoms with Gasteiger partial charge < -0.3 is 14.8 Å². The zero-order valence-corrected chi connectivity index (χ0v) is 12.5. The molecule has 0 aromatic carbocycles. The molecule has 0 spiro atoms. The number of carbonyl (C=O) groups is 1. The summed E-state index contributed by atoms with van der Waals surface area (Å²) in [6.45, 7) is 9.51. The number of carbonyl (C=O) groups excluding carboxylic acids is 1. The van der Waals surface area contributed by atoms with Crippen molar-refractivity contribution in [3.05, 3.63) is 18.1 Å². The highest BCUT2D eigenvalue weighted by Gasteiger charge is 2.15. The average Bonchev–Trinajstić information content (AvgIpc) is 2.40. The fraction of sp³-hybridized carbons (Fsp3) is 0.643. The van der Waals surface area contributed by atoms with E-state index in [-0.39, 0.29) is 5.92 Å². The van der Waals surface area contributed by atoms with Gasteiger partial charge in [0.05, 0.1) is 19.1 Å². The van der Waals surface area contributed by atoms with Crippen LogP contribution in [0.15, 0.2) is 12.4 Å². The summed E-state index contributed by atoms with van der Waals surface area (Å²) in [5, 5.41) is 2.97. The first-order valence-corrected chi connectivity index (χ1v) is 6.70. The van der Waals surface area contributed by atoms with Crippen molar-refractivity contribution in [2.24, 2.45) is 5.92 Å². The van der Waals surface area contributed by atoms with Gasteiger partial charge in [-0.15, -0.1) is 0 Å². The molecular formula is C14H25N3O2. The fourth-order valence-electron chi connectivity index (χ4n) is 1.16. The zero-order valence-electron chi connectivity index (χ0n) is 12.5. The van der Waals surface area contributed by atoms with Gasteiger partial charge in [-0.1, -0.05) is 27.7 Å². The Morgan fingerprint density at radius 3 is 2.32 bits per heavy atom. The highest BCUT2D eigenvalue weighted by atomic mass is 16.5. The predicted molar refractivity (Wildman–Crippen MR) is 77.4 cm³/mol. The molecule has 1 aromatic rings. The van der Waals surface area contributed by atoms with Crippen molar-refractivity contribution < 1.29 is 9.53 Å². The Hall–Kier alpha value is -1.49. The van der Waals surface area contributed by atoms with Crippen molar-refractivity contribution in [1.82, 2.24) is 9.97 Å². The summed E-state index contributed by atoms with van der Waals surface area (Å²) in [7, 11) is 1.85. The van der Waals surface area contributed by atoms with Crippen LogP contribution >= 0.6 is 0 Å². The first kappa shape index (κ1) is 17.5. The SMILES string of the molecule is CC.CNc1cc(C(C)C)ncn1.O=CC1COC1. The lowest BCUT2D eigenvalue weighted by Gasteiger charge is -2.18. The Bertz CT molecular complexity index is 352. The van der Waals surface area contributed by atoms with Gasteiger partial charge >= 0.3 is 0 Å². The van der Waals surface area contributed by atoms with Crippen LogP contribution in [0.1, 0.15) is 39.3 Å². The molecule has 2 rings (SSSR count). The van der Waals surface area contributed by atoms with E-state index >= 15 is 0 Å². The van der Waals surface area contributed by atoms with E-state index in [1.165, 1.54) is 0 Å². The highest BCUT2D eigenvalue weighted by Crippen LogP contribution is 2.12. The van der Waals surface area contributed by atoms with Gasteiger partial charge in [0.2, 0.25) is 0 Å². The third-order valence-electron chi connectivity index (χ3n) is 2.39. The van der Waals surface area contributed by atoms with Crippen LogP contribution < -0.4 is 5.32 Å². The molecule has 5 heteroatoms. The molecule has 1 aliphatic rings. The molecule has 1 saturated heterocycles. The number of rotatable bonds is 3. The van der Waals surface area contributed by atoms with Crippen LogP contribution in [0.4, 0.5) is 5.82 Å². The molecule has 0 atom stereocenters. The first-order chi connectivity index (χ1) is 9.17. The number of anilines is 1. The second-order valence-corrected chi connectivity index (χ2v) is 4.17. The van der Waals surface area contributed by atoms with Crippen LogP contribution in [-0.2, 0) is 9.53 Å². The van der Waals surface area contributed by atoms with Crippen LogP contribution in [0.5, 0.6) is 0 Å². The van der Waals surface area contributed by atoms with E-state index in [1.807, 2.05) is 27.0 Å². The molecule has 1 aromatic heterocycles. The number of hydrogen-bond donors (Lipinski definition) is 1. The zero-order chi connectivity index (χ0) is 14.7. The van der Waals surface area contributed by atoms with Gasteiger partial charge in [0.25, 0.3) is 0 Å². The molecule has 0 aliphatic carbocycles. The Kier molecular flexibility index (Phi) is 9.62. The maximum absolute atomic E-state index is 9.71. The van der Waals surface area contributed by atoms with Crippen LogP contribution in [0.2, 0.25) is 0 Å². The van der Waals surface area contributed by atoms with Gasteiger partial charge in [-0.3, -0.25) is 0 Å². The van der Waals surface area contributed by atoms with E-state index in [0.29, 0.717) is 19.1 Å². The number of aldehydes is 1. The number of ether oxygens (including phenoxy) is 1. The topological polar surface area (TPSA) is 64.1 Å². The fourth-order valence-corrected chi connectivity index (χ4v) is 1.16. The minimum absolute atomic E-state index is 0.213. The van der Waals surface area contributed by atoms with E-state index in [0.717, 1.165) is 17.8 Å². The summed E-state index contributed by atoms with van der Waals surface area (Å²) in [5.74, 6) is 1.55.